The predicted octanol–water partition coefficient (Wildman–Crippen LogP) is 4.93. The summed E-state index contributed by atoms with van der Waals surface area (Å²) in [6.07, 6.45) is 3.50. The van der Waals surface area contributed by atoms with Crippen molar-refractivity contribution in [3.63, 3.8) is 0 Å². The minimum absolute atomic E-state index is 0. The van der Waals surface area contributed by atoms with Crippen LogP contribution in [0.3, 0.4) is 0 Å². The molecular weight excluding hydrogens is 503 g/mol. The predicted molar refractivity (Wildman–Crippen MR) is 135 cm³/mol. The number of nitrogens with one attached hydrogen (secondary N) is 1. The van der Waals surface area contributed by atoms with Gasteiger partial charge in [0, 0.05) is 18.3 Å². The van der Waals surface area contributed by atoms with Crippen molar-refractivity contribution in [1.29, 1.82) is 0 Å². The third kappa shape index (κ3) is 8.09. The second-order valence-electron chi connectivity index (χ2n) is 6.73. The van der Waals surface area contributed by atoms with Gasteiger partial charge in [0.2, 0.25) is 5.88 Å². The van der Waals surface area contributed by atoms with Gasteiger partial charge in [-0.25, -0.2) is 9.98 Å². The van der Waals surface area contributed by atoms with Crippen molar-refractivity contribution in [2.24, 2.45) is 10.7 Å². The number of rotatable bonds is 10. The van der Waals surface area contributed by atoms with Crippen molar-refractivity contribution >= 4 is 29.9 Å². The fraction of sp³-hybridized carbons (Fsp3) is 0.250. The van der Waals surface area contributed by atoms with E-state index in [0.29, 0.717) is 36.5 Å². The van der Waals surface area contributed by atoms with Crippen molar-refractivity contribution in [3.05, 3.63) is 84.1 Å². The average molecular weight is 532 g/mol. The minimum Gasteiger partial charge on any atom is -0.490 e. The number of para-hydroxylation sites is 2. The Balaban J connectivity index is 0.00000341. The summed E-state index contributed by atoms with van der Waals surface area (Å²) in [6.45, 7) is 3.78. The van der Waals surface area contributed by atoms with Crippen LogP contribution in [0.1, 0.15) is 24.5 Å². The first kappa shape index (κ1) is 24.5. The Labute approximate surface area is 200 Å². The van der Waals surface area contributed by atoms with Gasteiger partial charge in [-0.05, 0) is 36.6 Å². The summed E-state index contributed by atoms with van der Waals surface area (Å²) in [5.74, 6) is 2.21. The van der Waals surface area contributed by atoms with Crippen LogP contribution >= 0.6 is 24.0 Å². The molecule has 3 N–H and O–H groups in total. The summed E-state index contributed by atoms with van der Waals surface area (Å²) < 4.78 is 11.8. The molecule has 2 aromatic carbocycles. The van der Waals surface area contributed by atoms with Gasteiger partial charge in [-0.15, -0.1) is 24.0 Å². The molecule has 1 heterocycles. The number of benzene rings is 2. The minimum atomic E-state index is 0. The van der Waals surface area contributed by atoms with Gasteiger partial charge in [0.1, 0.15) is 0 Å². The second kappa shape index (κ2) is 13.5. The number of nitrogens with two attached hydrogens (primary N) is 1. The number of pyridine rings is 1. The van der Waals surface area contributed by atoms with E-state index in [1.807, 2.05) is 54.6 Å². The normalized spacial score (nSPS) is 10.8. The second-order valence-corrected chi connectivity index (χ2v) is 6.73. The van der Waals surface area contributed by atoms with E-state index in [-0.39, 0.29) is 24.0 Å². The molecule has 0 spiro atoms. The van der Waals surface area contributed by atoms with Crippen LogP contribution in [0.2, 0.25) is 0 Å². The lowest BCUT2D eigenvalue weighted by Gasteiger charge is -2.13. The number of hydrogen-bond donors (Lipinski definition) is 2. The van der Waals surface area contributed by atoms with E-state index in [2.05, 4.69) is 34.3 Å². The number of hydrogen-bond acceptors (Lipinski definition) is 4. The number of guanidine groups is 1. The maximum absolute atomic E-state index is 6.04. The first-order valence-corrected chi connectivity index (χ1v) is 10.2. The Morgan fingerprint density at radius 1 is 1.00 bits per heavy atom. The molecule has 31 heavy (non-hydrogen) atoms. The van der Waals surface area contributed by atoms with E-state index in [4.69, 9.17) is 15.2 Å². The molecule has 0 aliphatic rings. The quantitative estimate of drug-likeness (QED) is 0.220. The molecule has 7 heteroatoms. The lowest BCUT2D eigenvalue weighted by Crippen LogP contribution is -2.33. The third-order valence-corrected chi connectivity index (χ3v) is 4.35. The molecule has 0 bridgehead atoms. The number of nitrogens with zero attached hydrogens (tertiary/aromatic N) is 2. The topological polar surface area (TPSA) is 81.8 Å². The standard InChI is InChI=1S/C24H28N4O2.HI/c1-2-17-29-21-12-6-7-13-22(21)30-23-20(11-8-15-26-23)18-28-24(25)27-16-14-19-9-4-3-5-10-19;/h3-13,15H,2,14,16-18H2,1H3,(H3,25,27,28);1H. The highest BCUT2D eigenvalue weighted by Crippen LogP contribution is 2.32. The van der Waals surface area contributed by atoms with E-state index >= 15 is 0 Å². The maximum atomic E-state index is 6.04. The zero-order valence-corrected chi connectivity index (χ0v) is 20.0. The molecule has 3 aromatic rings. The molecule has 0 aliphatic carbocycles. The van der Waals surface area contributed by atoms with E-state index in [1.54, 1.807) is 6.20 Å². The van der Waals surface area contributed by atoms with Crippen molar-refractivity contribution in [3.8, 4) is 17.4 Å². The molecule has 0 fully saturated rings. The zero-order chi connectivity index (χ0) is 21.0. The highest BCUT2D eigenvalue weighted by atomic mass is 127. The Morgan fingerprint density at radius 2 is 1.74 bits per heavy atom. The first-order valence-electron chi connectivity index (χ1n) is 10.2. The maximum Gasteiger partial charge on any atom is 0.224 e. The highest BCUT2D eigenvalue weighted by Gasteiger charge is 2.10. The molecule has 3 rings (SSSR count). The molecule has 0 saturated carbocycles. The molecule has 1 aromatic heterocycles. The summed E-state index contributed by atoms with van der Waals surface area (Å²) in [5.41, 5.74) is 8.12. The Bertz CT molecular complexity index is 951. The third-order valence-electron chi connectivity index (χ3n) is 4.35. The largest absolute Gasteiger partial charge is 0.490 e. The lowest BCUT2D eigenvalue weighted by atomic mass is 10.1. The molecule has 0 saturated heterocycles. The van der Waals surface area contributed by atoms with Crippen molar-refractivity contribution < 1.29 is 9.47 Å². The van der Waals surface area contributed by atoms with Gasteiger partial charge in [-0.2, -0.15) is 0 Å². The van der Waals surface area contributed by atoms with Crippen LogP contribution in [-0.4, -0.2) is 24.1 Å². The van der Waals surface area contributed by atoms with E-state index in [9.17, 15) is 0 Å². The number of ether oxygens (including phenoxy) is 2. The van der Waals surface area contributed by atoms with E-state index in [1.165, 1.54) is 5.56 Å². The fourth-order valence-corrected chi connectivity index (χ4v) is 2.81. The first-order chi connectivity index (χ1) is 14.8. The molecular formula is C24H29IN4O2. The molecule has 164 valence electrons. The van der Waals surface area contributed by atoms with Crippen LogP contribution in [0, 0.1) is 0 Å². The van der Waals surface area contributed by atoms with Gasteiger partial charge >= 0.3 is 0 Å². The SMILES string of the molecule is CCCOc1ccccc1Oc1ncccc1CN=C(N)NCCc1ccccc1.I. The van der Waals surface area contributed by atoms with Crippen LogP contribution in [0.4, 0.5) is 0 Å². The molecule has 0 unspecified atom stereocenters. The van der Waals surface area contributed by atoms with E-state index < -0.39 is 0 Å². The smallest absolute Gasteiger partial charge is 0.224 e. The van der Waals surface area contributed by atoms with Gasteiger partial charge in [0.05, 0.1) is 13.2 Å². The molecule has 0 amide bonds. The summed E-state index contributed by atoms with van der Waals surface area (Å²) in [5, 5.41) is 3.15. The number of aliphatic imine (C=N–C) groups is 1. The average Bonchev–Trinajstić information content (AvgIpc) is 2.78. The Kier molecular flexibility index (Phi) is 10.6. The number of halogens is 1. The zero-order valence-electron chi connectivity index (χ0n) is 17.7. The highest BCUT2D eigenvalue weighted by molar-refractivity contribution is 14.0. The summed E-state index contributed by atoms with van der Waals surface area (Å²) >= 11 is 0. The van der Waals surface area contributed by atoms with Crippen LogP contribution in [0.25, 0.3) is 0 Å². The molecule has 0 aliphatic heterocycles. The van der Waals surface area contributed by atoms with Crippen molar-refractivity contribution in [1.82, 2.24) is 10.3 Å². The lowest BCUT2D eigenvalue weighted by molar-refractivity contribution is 0.300. The van der Waals surface area contributed by atoms with Crippen molar-refractivity contribution in [2.75, 3.05) is 13.2 Å². The summed E-state index contributed by atoms with van der Waals surface area (Å²) in [4.78, 5) is 8.80. The molecule has 6 nitrogen and oxygen atoms in total. The van der Waals surface area contributed by atoms with Crippen LogP contribution in [0.5, 0.6) is 17.4 Å². The van der Waals surface area contributed by atoms with Gasteiger partial charge in [-0.3, -0.25) is 0 Å². The van der Waals surface area contributed by atoms with Gasteiger partial charge in [0.15, 0.2) is 17.5 Å². The van der Waals surface area contributed by atoms with Gasteiger partial charge < -0.3 is 20.5 Å². The van der Waals surface area contributed by atoms with Crippen LogP contribution in [-0.2, 0) is 13.0 Å². The van der Waals surface area contributed by atoms with Crippen molar-refractivity contribution in [2.45, 2.75) is 26.3 Å². The Hall–Kier alpha value is -2.81. The van der Waals surface area contributed by atoms with Gasteiger partial charge in [-0.1, -0.05) is 55.5 Å². The Morgan fingerprint density at radius 3 is 2.52 bits per heavy atom. The monoisotopic (exact) mass is 532 g/mol. The fourth-order valence-electron chi connectivity index (χ4n) is 2.81. The molecule has 0 radical (unpaired) electrons. The molecule has 0 atom stereocenters. The van der Waals surface area contributed by atoms with Gasteiger partial charge in [0.25, 0.3) is 0 Å². The summed E-state index contributed by atoms with van der Waals surface area (Å²) in [7, 11) is 0. The van der Waals surface area contributed by atoms with Crippen LogP contribution < -0.4 is 20.5 Å². The van der Waals surface area contributed by atoms with Crippen LogP contribution in [0.15, 0.2) is 77.9 Å². The summed E-state index contributed by atoms with van der Waals surface area (Å²) in [6, 6.07) is 21.6. The number of aromatic nitrogens is 1. The van der Waals surface area contributed by atoms with E-state index in [0.717, 1.165) is 24.9 Å².